The maximum atomic E-state index is 12.5. The smallest absolute Gasteiger partial charge is 0.406 e. The van der Waals surface area contributed by atoms with Crippen LogP contribution >= 0.6 is 0 Å². The molecule has 0 aliphatic rings. The van der Waals surface area contributed by atoms with E-state index >= 15 is 0 Å². The molecule has 0 atom stereocenters. The number of aryl methyl sites for hydroxylation is 1. The Morgan fingerprint density at radius 2 is 2.05 bits per heavy atom. The summed E-state index contributed by atoms with van der Waals surface area (Å²) in [6.45, 7) is 0.285. The van der Waals surface area contributed by atoms with Crippen molar-refractivity contribution in [2.24, 2.45) is 5.73 Å². The molecule has 1 heterocycles. The Hall–Kier alpha value is -2.02. The number of nitrogens with zero attached hydrogens (tertiary/aromatic N) is 1. The van der Waals surface area contributed by atoms with E-state index < -0.39 is 18.6 Å². The van der Waals surface area contributed by atoms with Gasteiger partial charge in [0.1, 0.15) is 12.1 Å². The van der Waals surface area contributed by atoms with Gasteiger partial charge in [0.15, 0.2) is 5.76 Å². The van der Waals surface area contributed by atoms with Gasteiger partial charge < -0.3 is 15.1 Å². The summed E-state index contributed by atoms with van der Waals surface area (Å²) in [7, 11) is 0. The van der Waals surface area contributed by atoms with Crippen molar-refractivity contribution in [2.75, 3.05) is 19.6 Å². The van der Waals surface area contributed by atoms with Gasteiger partial charge in [0, 0.05) is 18.5 Å². The number of alkyl halides is 3. The van der Waals surface area contributed by atoms with E-state index in [1.165, 1.54) is 6.07 Å². The third kappa shape index (κ3) is 3.75. The van der Waals surface area contributed by atoms with E-state index in [1.54, 1.807) is 18.2 Å². The average Bonchev–Trinajstić information content (AvgIpc) is 2.78. The Morgan fingerprint density at radius 1 is 1.33 bits per heavy atom. The van der Waals surface area contributed by atoms with Crippen molar-refractivity contribution in [1.82, 2.24) is 4.90 Å². The van der Waals surface area contributed by atoms with Crippen molar-refractivity contribution >= 4 is 16.9 Å². The number of fused-ring (bicyclic) bond motifs is 1. The van der Waals surface area contributed by atoms with Crippen LogP contribution in [0.15, 0.2) is 28.7 Å². The molecule has 0 aliphatic carbocycles. The number of rotatable bonds is 4. The average molecular weight is 300 g/mol. The van der Waals surface area contributed by atoms with Crippen LogP contribution in [0, 0.1) is 6.92 Å². The highest BCUT2D eigenvalue weighted by atomic mass is 19.4. The van der Waals surface area contributed by atoms with E-state index in [0.29, 0.717) is 15.9 Å². The first-order valence-corrected chi connectivity index (χ1v) is 6.36. The molecule has 0 aliphatic heterocycles. The standard InChI is InChI=1S/C14H15F3N2O2/c1-9-2-3-11-10(6-9)7-12(21-11)13(20)19(5-4-18)8-14(15,16)17/h2-3,6-7H,4-5,8,18H2,1H3. The van der Waals surface area contributed by atoms with Crippen LogP contribution in [0.25, 0.3) is 11.0 Å². The highest BCUT2D eigenvalue weighted by Crippen LogP contribution is 2.23. The second-order valence-corrected chi connectivity index (χ2v) is 4.78. The molecule has 2 rings (SSSR count). The third-order valence-electron chi connectivity index (χ3n) is 2.94. The number of furan rings is 1. The molecule has 0 saturated carbocycles. The predicted octanol–water partition coefficient (Wildman–Crippen LogP) is 2.70. The fourth-order valence-corrected chi connectivity index (χ4v) is 2.05. The summed E-state index contributed by atoms with van der Waals surface area (Å²) in [6.07, 6.45) is -4.48. The largest absolute Gasteiger partial charge is 0.451 e. The van der Waals surface area contributed by atoms with Crippen molar-refractivity contribution in [3.05, 3.63) is 35.6 Å². The molecule has 0 radical (unpaired) electrons. The number of nitrogens with two attached hydrogens (primary N) is 1. The van der Waals surface area contributed by atoms with Crippen molar-refractivity contribution in [3.8, 4) is 0 Å². The molecule has 1 aromatic heterocycles. The quantitative estimate of drug-likeness (QED) is 0.944. The van der Waals surface area contributed by atoms with Crippen molar-refractivity contribution in [1.29, 1.82) is 0 Å². The van der Waals surface area contributed by atoms with Gasteiger partial charge in [0.25, 0.3) is 5.91 Å². The third-order valence-corrected chi connectivity index (χ3v) is 2.94. The number of hydrogen-bond acceptors (Lipinski definition) is 3. The summed E-state index contributed by atoms with van der Waals surface area (Å²) in [5.41, 5.74) is 6.70. The van der Waals surface area contributed by atoms with Crippen LogP contribution in [-0.2, 0) is 0 Å². The lowest BCUT2D eigenvalue weighted by Gasteiger charge is -2.22. The van der Waals surface area contributed by atoms with Crippen LogP contribution in [0.2, 0.25) is 0 Å². The van der Waals surface area contributed by atoms with Crippen LogP contribution in [0.3, 0.4) is 0 Å². The van der Waals surface area contributed by atoms with Crippen LogP contribution in [0.1, 0.15) is 16.1 Å². The van der Waals surface area contributed by atoms with Crippen LogP contribution in [0.5, 0.6) is 0 Å². The summed E-state index contributed by atoms with van der Waals surface area (Å²) in [6, 6.07) is 6.73. The Morgan fingerprint density at radius 3 is 2.67 bits per heavy atom. The van der Waals surface area contributed by atoms with Crippen molar-refractivity contribution in [2.45, 2.75) is 13.1 Å². The van der Waals surface area contributed by atoms with Crippen molar-refractivity contribution in [3.63, 3.8) is 0 Å². The zero-order valence-corrected chi connectivity index (χ0v) is 11.4. The molecule has 114 valence electrons. The number of amides is 1. The number of carbonyl (C=O) groups excluding carboxylic acids is 1. The molecular formula is C14H15F3N2O2. The molecule has 21 heavy (non-hydrogen) atoms. The van der Waals surface area contributed by atoms with Gasteiger partial charge in [-0.05, 0) is 25.1 Å². The van der Waals surface area contributed by atoms with E-state index in [4.69, 9.17) is 10.2 Å². The number of benzene rings is 1. The highest BCUT2D eigenvalue weighted by Gasteiger charge is 2.34. The molecule has 0 spiro atoms. The molecule has 0 saturated heterocycles. The van der Waals surface area contributed by atoms with Crippen LogP contribution in [0.4, 0.5) is 13.2 Å². The van der Waals surface area contributed by atoms with E-state index in [2.05, 4.69) is 0 Å². The first-order chi connectivity index (χ1) is 9.80. The fourth-order valence-electron chi connectivity index (χ4n) is 2.05. The Labute approximate surface area is 119 Å². The second kappa shape index (κ2) is 5.77. The molecule has 4 nitrogen and oxygen atoms in total. The van der Waals surface area contributed by atoms with Gasteiger partial charge in [-0.2, -0.15) is 13.2 Å². The fraction of sp³-hybridized carbons (Fsp3) is 0.357. The van der Waals surface area contributed by atoms with Gasteiger partial charge in [-0.1, -0.05) is 11.6 Å². The van der Waals surface area contributed by atoms with Crippen LogP contribution < -0.4 is 5.73 Å². The maximum absolute atomic E-state index is 12.5. The van der Waals surface area contributed by atoms with Gasteiger partial charge in [0.2, 0.25) is 0 Å². The molecular weight excluding hydrogens is 285 g/mol. The van der Waals surface area contributed by atoms with Gasteiger partial charge >= 0.3 is 6.18 Å². The molecule has 2 aromatic rings. The molecule has 7 heteroatoms. The number of carbonyl (C=O) groups is 1. The van der Waals surface area contributed by atoms with Gasteiger partial charge in [-0.15, -0.1) is 0 Å². The summed E-state index contributed by atoms with van der Waals surface area (Å²) in [5.74, 6) is -0.931. The zero-order chi connectivity index (χ0) is 15.6. The molecule has 0 bridgehead atoms. The minimum Gasteiger partial charge on any atom is -0.451 e. The summed E-state index contributed by atoms with van der Waals surface area (Å²) in [5, 5.41) is 0.679. The van der Waals surface area contributed by atoms with Crippen molar-refractivity contribution < 1.29 is 22.4 Å². The number of halogens is 3. The number of hydrogen-bond donors (Lipinski definition) is 1. The van der Waals surface area contributed by atoms with E-state index in [0.717, 1.165) is 5.56 Å². The lowest BCUT2D eigenvalue weighted by molar-refractivity contribution is -0.140. The topological polar surface area (TPSA) is 59.5 Å². The van der Waals surface area contributed by atoms with Crippen LogP contribution in [-0.4, -0.2) is 36.6 Å². The highest BCUT2D eigenvalue weighted by molar-refractivity contribution is 5.96. The maximum Gasteiger partial charge on any atom is 0.406 e. The molecule has 1 aromatic carbocycles. The van der Waals surface area contributed by atoms with E-state index in [9.17, 15) is 18.0 Å². The Kier molecular flexibility index (Phi) is 4.22. The molecule has 2 N–H and O–H groups in total. The normalized spacial score (nSPS) is 11.9. The van der Waals surface area contributed by atoms with E-state index in [-0.39, 0.29) is 18.8 Å². The first-order valence-electron chi connectivity index (χ1n) is 6.36. The SMILES string of the molecule is Cc1ccc2oc(C(=O)N(CCN)CC(F)(F)F)cc2c1. The van der Waals surface area contributed by atoms with Gasteiger partial charge in [0.05, 0.1) is 0 Å². The minimum absolute atomic E-state index is 0.0544. The van der Waals surface area contributed by atoms with E-state index in [1.807, 2.05) is 6.92 Å². The zero-order valence-electron chi connectivity index (χ0n) is 11.4. The Balaban J connectivity index is 2.29. The monoisotopic (exact) mass is 300 g/mol. The summed E-state index contributed by atoms with van der Waals surface area (Å²) >= 11 is 0. The second-order valence-electron chi connectivity index (χ2n) is 4.78. The minimum atomic E-state index is -4.48. The predicted molar refractivity (Wildman–Crippen MR) is 72.0 cm³/mol. The summed E-state index contributed by atoms with van der Waals surface area (Å²) in [4.78, 5) is 12.8. The summed E-state index contributed by atoms with van der Waals surface area (Å²) < 4.78 is 42.8. The molecule has 1 amide bonds. The molecule has 0 unspecified atom stereocenters. The lowest BCUT2D eigenvalue weighted by atomic mass is 10.2. The molecule has 0 fully saturated rings. The lowest BCUT2D eigenvalue weighted by Crippen LogP contribution is -2.41. The Bertz CT molecular complexity index is 649. The first kappa shape index (κ1) is 15.4. The van der Waals surface area contributed by atoms with Gasteiger partial charge in [-0.25, -0.2) is 0 Å². The van der Waals surface area contributed by atoms with Gasteiger partial charge in [-0.3, -0.25) is 4.79 Å².